The normalized spacial score (nSPS) is 11.5. The van der Waals surface area contributed by atoms with Crippen molar-refractivity contribution in [3.8, 4) is 17.5 Å². The van der Waals surface area contributed by atoms with Crippen molar-refractivity contribution in [1.82, 2.24) is 9.88 Å². The van der Waals surface area contributed by atoms with E-state index < -0.39 is 12.1 Å². The Balaban J connectivity index is 1.64. The lowest BCUT2D eigenvalue weighted by Crippen LogP contribution is -2.39. The van der Waals surface area contributed by atoms with E-state index in [4.69, 9.17) is 33.2 Å². The molecule has 1 aromatic heterocycles. The molecule has 0 saturated carbocycles. The van der Waals surface area contributed by atoms with E-state index in [-0.39, 0.29) is 18.4 Å². The minimum absolute atomic E-state index is 0.0424. The highest BCUT2D eigenvalue weighted by molar-refractivity contribution is 7.14. The van der Waals surface area contributed by atoms with E-state index in [0.29, 0.717) is 38.5 Å². The molecule has 0 aliphatic carbocycles. The minimum Gasteiger partial charge on any atom is -0.444 e. The molecule has 2 N–H and O–H groups in total. The number of likely N-dealkylation sites (N-methyl/N-ethyl adjacent to an activating group) is 1. The molecule has 0 radical (unpaired) electrons. The van der Waals surface area contributed by atoms with Crippen LogP contribution >= 0.6 is 34.5 Å². The first-order valence-corrected chi connectivity index (χ1v) is 12.7. The first-order chi connectivity index (χ1) is 17.2. The molecule has 0 aliphatic heterocycles. The largest absolute Gasteiger partial charge is 0.444 e. The summed E-state index contributed by atoms with van der Waals surface area (Å²) < 4.78 is 5.27. The summed E-state index contributed by atoms with van der Waals surface area (Å²) in [6, 6.07) is 11.6. The number of thiazole rings is 1. The lowest BCUT2D eigenvalue weighted by molar-refractivity contribution is -0.128. The highest BCUT2D eigenvalue weighted by atomic mass is 35.5. The molecule has 2 aromatic carbocycles. The topological polar surface area (TPSA) is 107 Å². The molecule has 0 unspecified atom stereocenters. The van der Waals surface area contributed by atoms with Crippen molar-refractivity contribution >= 4 is 57.4 Å². The summed E-state index contributed by atoms with van der Waals surface area (Å²) in [5.74, 6) is -0.0642. The van der Waals surface area contributed by atoms with Crippen molar-refractivity contribution in [2.24, 2.45) is 5.92 Å². The van der Waals surface area contributed by atoms with E-state index in [1.807, 2.05) is 31.5 Å². The quantitative estimate of drug-likeness (QED) is 0.230. The van der Waals surface area contributed by atoms with Crippen molar-refractivity contribution in [3.05, 3.63) is 63.5 Å². The molecule has 36 heavy (non-hydrogen) atoms. The van der Waals surface area contributed by atoms with Crippen LogP contribution in [0.2, 0.25) is 10.0 Å². The number of halogens is 2. The fraction of sp³-hybridized carbons (Fsp3) is 0.280. The molecule has 0 spiro atoms. The molecule has 3 rings (SSSR count). The van der Waals surface area contributed by atoms with Gasteiger partial charge in [0.05, 0.1) is 15.7 Å². The molecule has 1 heterocycles. The summed E-state index contributed by atoms with van der Waals surface area (Å²) >= 11 is 13.3. The Labute approximate surface area is 223 Å². The molecule has 188 valence electrons. The van der Waals surface area contributed by atoms with Crippen LogP contribution in [0, 0.1) is 17.4 Å². The number of nitrogens with zero attached hydrogens (tertiary/aromatic N) is 3. The number of nitrogens with one attached hydrogen (secondary N) is 2. The Hall–Kier alpha value is -3.32. The van der Waals surface area contributed by atoms with Gasteiger partial charge in [-0.2, -0.15) is 5.26 Å². The summed E-state index contributed by atoms with van der Waals surface area (Å²) in [4.78, 5) is 30.4. The van der Waals surface area contributed by atoms with Gasteiger partial charge < -0.3 is 10.1 Å². The van der Waals surface area contributed by atoms with Crippen LogP contribution in [-0.4, -0.2) is 35.0 Å². The van der Waals surface area contributed by atoms with Crippen molar-refractivity contribution in [1.29, 1.82) is 5.26 Å². The van der Waals surface area contributed by atoms with E-state index in [1.54, 1.807) is 36.4 Å². The van der Waals surface area contributed by atoms with Crippen LogP contribution in [0.5, 0.6) is 0 Å². The standard InChI is InChI=1S/C25H25Cl2N5O3S/c1-15(2)9-21(23(33)32(3)14-28)30-24-31-22(13-36-24)17-5-4-6-18(11-17)29-25(34)35-12-16-7-8-19(26)20(27)10-16/h4-8,10-11,13,15,21H,9,12H2,1-3H3,(H,29,34)(H,30,31)/t21-/m0/s1. The number of anilines is 2. The van der Waals surface area contributed by atoms with Crippen LogP contribution < -0.4 is 10.6 Å². The zero-order chi connectivity index (χ0) is 26.2. The number of hydrogen-bond donors (Lipinski definition) is 2. The van der Waals surface area contributed by atoms with Crippen molar-refractivity contribution < 1.29 is 14.3 Å². The van der Waals surface area contributed by atoms with Crippen molar-refractivity contribution in [3.63, 3.8) is 0 Å². The molecule has 8 nitrogen and oxygen atoms in total. The molecule has 0 bridgehead atoms. The van der Waals surface area contributed by atoms with E-state index >= 15 is 0 Å². The SMILES string of the molecule is CC(C)C[C@H](Nc1nc(-c2cccc(NC(=O)OCc3ccc(Cl)c(Cl)c3)c2)cs1)C(=O)N(C)C#N. The van der Waals surface area contributed by atoms with Gasteiger partial charge in [0.15, 0.2) is 11.3 Å². The molecular formula is C25H25Cl2N5O3S. The lowest BCUT2D eigenvalue weighted by Gasteiger charge is -2.21. The molecule has 3 aromatic rings. The smallest absolute Gasteiger partial charge is 0.411 e. The Bertz CT molecular complexity index is 1270. The number of aromatic nitrogens is 1. The first kappa shape index (κ1) is 27.3. The summed E-state index contributed by atoms with van der Waals surface area (Å²) in [7, 11) is 1.44. The number of benzene rings is 2. The van der Waals surface area contributed by atoms with Gasteiger partial charge in [-0.05, 0) is 42.2 Å². The zero-order valence-electron chi connectivity index (χ0n) is 19.9. The van der Waals surface area contributed by atoms with Gasteiger partial charge in [-0.3, -0.25) is 15.0 Å². The van der Waals surface area contributed by atoms with Crippen LogP contribution in [0.1, 0.15) is 25.8 Å². The number of ether oxygens (including phenoxy) is 1. The maximum atomic E-state index is 12.6. The van der Waals surface area contributed by atoms with Crippen LogP contribution in [0.3, 0.4) is 0 Å². The summed E-state index contributed by atoms with van der Waals surface area (Å²) in [5, 5.41) is 18.2. The zero-order valence-corrected chi connectivity index (χ0v) is 22.2. The van der Waals surface area contributed by atoms with Gasteiger partial charge in [0.2, 0.25) is 0 Å². The number of carbonyl (C=O) groups excluding carboxylic acids is 2. The molecule has 2 amide bonds. The Kier molecular flexibility index (Phi) is 9.53. The van der Waals surface area contributed by atoms with Crippen LogP contribution in [0.15, 0.2) is 47.8 Å². The van der Waals surface area contributed by atoms with Gasteiger partial charge in [0, 0.05) is 23.7 Å². The highest BCUT2D eigenvalue weighted by Gasteiger charge is 2.24. The third-order valence-electron chi connectivity index (χ3n) is 5.05. The van der Waals surface area contributed by atoms with Gasteiger partial charge >= 0.3 is 6.09 Å². The lowest BCUT2D eigenvalue weighted by atomic mass is 10.0. The molecular weight excluding hydrogens is 521 g/mol. The Morgan fingerprint density at radius 3 is 2.67 bits per heavy atom. The molecule has 0 fully saturated rings. The average molecular weight is 546 g/mol. The first-order valence-electron chi connectivity index (χ1n) is 11.0. The third-order valence-corrected chi connectivity index (χ3v) is 6.56. The third kappa shape index (κ3) is 7.59. The minimum atomic E-state index is -0.615. The van der Waals surface area contributed by atoms with Crippen molar-refractivity contribution in [2.45, 2.75) is 32.9 Å². The van der Waals surface area contributed by atoms with Gasteiger partial charge in [0.1, 0.15) is 12.6 Å². The van der Waals surface area contributed by atoms with Gasteiger partial charge in [-0.15, -0.1) is 11.3 Å². The fourth-order valence-corrected chi connectivity index (χ4v) is 4.38. The molecule has 11 heteroatoms. The number of carbonyl (C=O) groups is 2. The number of rotatable bonds is 9. The number of hydrogen-bond acceptors (Lipinski definition) is 7. The van der Waals surface area contributed by atoms with E-state index in [1.165, 1.54) is 18.4 Å². The molecule has 1 atom stereocenters. The van der Waals surface area contributed by atoms with Gasteiger partial charge in [-0.25, -0.2) is 9.78 Å². The predicted molar refractivity (Wildman–Crippen MR) is 143 cm³/mol. The number of amides is 2. The maximum Gasteiger partial charge on any atom is 0.411 e. The second kappa shape index (κ2) is 12.6. The molecule has 0 saturated heterocycles. The van der Waals surface area contributed by atoms with E-state index in [2.05, 4.69) is 15.6 Å². The second-order valence-corrected chi connectivity index (χ2v) is 10.1. The highest BCUT2D eigenvalue weighted by Crippen LogP contribution is 2.28. The summed E-state index contributed by atoms with van der Waals surface area (Å²) in [5.41, 5.74) is 2.71. The van der Waals surface area contributed by atoms with Gasteiger partial charge in [0.25, 0.3) is 5.91 Å². The Morgan fingerprint density at radius 1 is 1.19 bits per heavy atom. The second-order valence-electron chi connectivity index (χ2n) is 8.39. The summed E-state index contributed by atoms with van der Waals surface area (Å²) in [6.45, 7) is 4.06. The van der Waals surface area contributed by atoms with Crippen LogP contribution in [0.25, 0.3) is 11.3 Å². The predicted octanol–water partition coefficient (Wildman–Crippen LogP) is 6.63. The maximum absolute atomic E-state index is 12.6. The number of nitriles is 1. The fourth-order valence-electron chi connectivity index (χ4n) is 3.29. The molecule has 0 aliphatic rings. The van der Waals surface area contributed by atoms with Crippen molar-refractivity contribution in [2.75, 3.05) is 17.7 Å². The van der Waals surface area contributed by atoms with Crippen LogP contribution in [-0.2, 0) is 16.1 Å². The average Bonchev–Trinajstić information content (AvgIpc) is 3.32. The monoisotopic (exact) mass is 545 g/mol. The Morgan fingerprint density at radius 2 is 1.97 bits per heavy atom. The van der Waals surface area contributed by atoms with E-state index in [0.717, 1.165) is 10.5 Å². The van der Waals surface area contributed by atoms with Gasteiger partial charge in [-0.1, -0.05) is 55.2 Å². The summed E-state index contributed by atoms with van der Waals surface area (Å²) in [6.07, 6.45) is 1.79. The van der Waals surface area contributed by atoms with E-state index in [9.17, 15) is 9.59 Å². The van der Waals surface area contributed by atoms with Crippen LogP contribution in [0.4, 0.5) is 15.6 Å².